The van der Waals surface area contributed by atoms with Crippen molar-refractivity contribution in [2.75, 3.05) is 33.4 Å². The number of ether oxygens (including phenoxy) is 2. The number of nitrogens with one attached hydrogen (secondary N) is 1. The summed E-state index contributed by atoms with van der Waals surface area (Å²) in [4.78, 5) is 3.96. The zero-order valence-electron chi connectivity index (χ0n) is 11.1. The molecule has 0 fully saturated rings. The molecule has 0 aromatic carbocycles. The normalized spacial score (nSPS) is 14.6. The van der Waals surface area contributed by atoms with Crippen LogP contribution in [0.4, 0.5) is 0 Å². The average Bonchev–Trinajstić information content (AvgIpc) is 2.85. The molecular formula is C12H23N3O3. The number of aliphatic hydroxyl groups is 1. The van der Waals surface area contributed by atoms with Crippen molar-refractivity contribution in [1.29, 1.82) is 0 Å². The van der Waals surface area contributed by atoms with Crippen molar-refractivity contribution < 1.29 is 14.6 Å². The molecule has 6 heteroatoms. The van der Waals surface area contributed by atoms with E-state index < -0.39 is 6.10 Å². The number of imidazole rings is 1. The van der Waals surface area contributed by atoms with E-state index in [-0.39, 0.29) is 6.10 Å². The monoisotopic (exact) mass is 257 g/mol. The Morgan fingerprint density at radius 3 is 2.94 bits per heavy atom. The van der Waals surface area contributed by atoms with Gasteiger partial charge >= 0.3 is 0 Å². The van der Waals surface area contributed by atoms with Crippen LogP contribution in [0.15, 0.2) is 18.7 Å². The summed E-state index contributed by atoms with van der Waals surface area (Å²) in [6.45, 7) is 4.94. The van der Waals surface area contributed by atoms with Crippen LogP contribution in [-0.4, -0.2) is 60.3 Å². The van der Waals surface area contributed by atoms with E-state index in [2.05, 4.69) is 10.3 Å². The molecular weight excluding hydrogens is 234 g/mol. The topological polar surface area (TPSA) is 68.5 Å². The van der Waals surface area contributed by atoms with Crippen molar-refractivity contribution in [2.45, 2.75) is 25.7 Å². The Kier molecular flexibility index (Phi) is 7.59. The first-order chi connectivity index (χ1) is 8.72. The summed E-state index contributed by atoms with van der Waals surface area (Å²) in [5, 5.41) is 12.8. The highest BCUT2D eigenvalue weighted by Crippen LogP contribution is 1.93. The number of rotatable bonds is 10. The van der Waals surface area contributed by atoms with E-state index in [4.69, 9.17) is 9.47 Å². The molecule has 1 rings (SSSR count). The number of aliphatic hydroxyl groups excluding tert-OH is 1. The highest BCUT2D eigenvalue weighted by molar-refractivity contribution is 4.74. The maximum atomic E-state index is 9.68. The molecule has 2 unspecified atom stereocenters. The van der Waals surface area contributed by atoms with E-state index in [1.165, 1.54) is 0 Å². The van der Waals surface area contributed by atoms with Gasteiger partial charge in [0.15, 0.2) is 0 Å². The lowest BCUT2D eigenvalue weighted by molar-refractivity contribution is -0.0310. The average molecular weight is 257 g/mol. The molecule has 0 bridgehead atoms. The number of hydrogen-bond donors (Lipinski definition) is 2. The summed E-state index contributed by atoms with van der Waals surface area (Å²) in [6.07, 6.45) is 4.95. The molecule has 1 heterocycles. The first-order valence-corrected chi connectivity index (χ1v) is 6.17. The van der Waals surface area contributed by atoms with Crippen LogP contribution in [0, 0.1) is 0 Å². The van der Waals surface area contributed by atoms with E-state index in [1.807, 2.05) is 17.7 Å². The number of methoxy groups -OCH3 is 1. The van der Waals surface area contributed by atoms with Crippen LogP contribution in [0.2, 0.25) is 0 Å². The fraction of sp³-hybridized carbons (Fsp3) is 0.750. The number of hydrogen-bond acceptors (Lipinski definition) is 5. The Morgan fingerprint density at radius 2 is 2.28 bits per heavy atom. The van der Waals surface area contributed by atoms with Crippen LogP contribution in [0.5, 0.6) is 0 Å². The molecule has 2 atom stereocenters. The molecule has 0 radical (unpaired) electrons. The van der Waals surface area contributed by atoms with Crippen molar-refractivity contribution in [3.8, 4) is 0 Å². The summed E-state index contributed by atoms with van der Waals surface area (Å²) in [6, 6.07) is 0. The van der Waals surface area contributed by atoms with Gasteiger partial charge < -0.3 is 24.5 Å². The van der Waals surface area contributed by atoms with E-state index >= 15 is 0 Å². The van der Waals surface area contributed by atoms with E-state index in [0.717, 1.165) is 13.1 Å². The second-order valence-corrected chi connectivity index (χ2v) is 4.26. The fourth-order valence-electron chi connectivity index (χ4n) is 1.51. The van der Waals surface area contributed by atoms with Crippen molar-refractivity contribution in [3.63, 3.8) is 0 Å². The maximum absolute atomic E-state index is 9.68. The van der Waals surface area contributed by atoms with Gasteiger partial charge in [0.25, 0.3) is 0 Å². The first-order valence-electron chi connectivity index (χ1n) is 6.17. The van der Waals surface area contributed by atoms with Gasteiger partial charge in [0.1, 0.15) is 0 Å². The van der Waals surface area contributed by atoms with E-state index in [0.29, 0.717) is 19.8 Å². The van der Waals surface area contributed by atoms with E-state index in [9.17, 15) is 5.11 Å². The quantitative estimate of drug-likeness (QED) is 0.572. The van der Waals surface area contributed by atoms with Crippen LogP contribution < -0.4 is 5.32 Å². The molecule has 0 saturated heterocycles. The Labute approximate surface area is 108 Å². The molecule has 0 saturated carbocycles. The molecule has 1 aromatic rings. The van der Waals surface area contributed by atoms with Gasteiger partial charge in [0.05, 0.1) is 31.7 Å². The fourth-order valence-corrected chi connectivity index (χ4v) is 1.51. The number of aromatic nitrogens is 2. The van der Waals surface area contributed by atoms with Crippen molar-refractivity contribution in [3.05, 3.63) is 18.7 Å². The van der Waals surface area contributed by atoms with Crippen LogP contribution in [0.3, 0.4) is 0 Å². The summed E-state index contributed by atoms with van der Waals surface area (Å²) < 4.78 is 12.3. The lowest BCUT2D eigenvalue weighted by Gasteiger charge is -2.16. The van der Waals surface area contributed by atoms with Gasteiger partial charge in [-0.05, 0) is 6.92 Å². The zero-order valence-corrected chi connectivity index (χ0v) is 11.1. The zero-order chi connectivity index (χ0) is 13.2. The molecule has 1 aromatic heterocycles. The van der Waals surface area contributed by atoms with E-state index in [1.54, 1.807) is 19.6 Å². The van der Waals surface area contributed by atoms with Crippen LogP contribution >= 0.6 is 0 Å². The van der Waals surface area contributed by atoms with Gasteiger partial charge in [-0.1, -0.05) is 0 Å². The van der Waals surface area contributed by atoms with Crippen molar-refractivity contribution in [2.24, 2.45) is 0 Å². The highest BCUT2D eigenvalue weighted by atomic mass is 16.5. The lowest BCUT2D eigenvalue weighted by Crippen LogP contribution is -2.33. The standard InChI is InChI=1S/C12H23N3O3/c1-11(8-17-2)18-9-12(16)7-13-3-5-15-6-4-14-10-15/h4,6,10-13,16H,3,5,7-9H2,1-2H3. The van der Waals surface area contributed by atoms with Crippen LogP contribution in [0.25, 0.3) is 0 Å². The van der Waals surface area contributed by atoms with Gasteiger partial charge in [-0.2, -0.15) is 0 Å². The predicted octanol–water partition coefficient (Wildman–Crippen LogP) is -0.115. The maximum Gasteiger partial charge on any atom is 0.0946 e. The summed E-state index contributed by atoms with van der Waals surface area (Å²) in [5.74, 6) is 0. The molecule has 6 nitrogen and oxygen atoms in total. The smallest absolute Gasteiger partial charge is 0.0946 e. The van der Waals surface area contributed by atoms with Gasteiger partial charge in [-0.15, -0.1) is 0 Å². The lowest BCUT2D eigenvalue weighted by atomic mass is 10.3. The van der Waals surface area contributed by atoms with Gasteiger partial charge in [0, 0.05) is 39.1 Å². The number of nitrogens with zero attached hydrogens (tertiary/aromatic N) is 2. The Bertz CT molecular complexity index is 293. The molecule has 0 aliphatic heterocycles. The third-order valence-corrected chi connectivity index (χ3v) is 2.46. The van der Waals surface area contributed by atoms with Gasteiger partial charge in [0.2, 0.25) is 0 Å². The minimum Gasteiger partial charge on any atom is -0.389 e. The van der Waals surface area contributed by atoms with Gasteiger partial charge in [-0.3, -0.25) is 0 Å². The summed E-state index contributed by atoms with van der Waals surface area (Å²) >= 11 is 0. The molecule has 2 N–H and O–H groups in total. The Morgan fingerprint density at radius 1 is 1.44 bits per heavy atom. The second kappa shape index (κ2) is 9.04. The van der Waals surface area contributed by atoms with Crippen LogP contribution in [0.1, 0.15) is 6.92 Å². The summed E-state index contributed by atoms with van der Waals surface area (Å²) in [7, 11) is 1.63. The predicted molar refractivity (Wildman–Crippen MR) is 68.4 cm³/mol. The molecule has 0 aliphatic rings. The minimum atomic E-state index is -0.493. The summed E-state index contributed by atoms with van der Waals surface area (Å²) in [5.41, 5.74) is 0. The van der Waals surface area contributed by atoms with Gasteiger partial charge in [-0.25, -0.2) is 4.98 Å². The first kappa shape index (κ1) is 15.1. The molecule has 104 valence electrons. The molecule has 0 aliphatic carbocycles. The Balaban J connectivity index is 1.98. The SMILES string of the molecule is COCC(C)OCC(O)CNCCn1ccnc1. The third kappa shape index (κ3) is 6.70. The Hall–Kier alpha value is -0.950. The second-order valence-electron chi connectivity index (χ2n) is 4.26. The van der Waals surface area contributed by atoms with Crippen LogP contribution in [-0.2, 0) is 16.0 Å². The minimum absolute atomic E-state index is 0.00981. The van der Waals surface area contributed by atoms with Crippen molar-refractivity contribution >= 4 is 0 Å². The molecule has 0 amide bonds. The highest BCUT2D eigenvalue weighted by Gasteiger charge is 2.07. The molecule has 18 heavy (non-hydrogen) atoms. The molecule has 0 spiro atoms. The largest absolute Gasteiger partial charge is 0.389 e. The van der Waals surface area contributed by atoms with Crippen molar-refractivity contribution in [1.82, 2.24) is 14.9 Å². The third-order valence-electron chi connectivity index (χ3n) is 2.46.